The number of nitrogens with zero attached hydrogens (tertiary/aromatic N) is 1. The molecule has 0 spiro atoms. The number of hydrogen-bond acceptors (Lipinski definition) is 2. The third kappa shape index (κ3) is 2.11. The maximum Gasteiger partial charge on any atom is 0.197 e. The van der Waals surface area contributed by atoms with Gasteiger partial charge in [0.05, 0.1) is 6.20 Å². The van der Waals surface area contributed by atoms with Crippen molar-refractivity contribution in [2.45, 2.75) is 17.8 Å². The molecule has 21 heavy (non-hydrogen) atoms. The molecule has 2 aromatic carbocycles. The molecule has 3 N–H and O–H groups in total. The number of nitrogen functional groups attached to an aromatic ring is 1. The van der Waals surface area contributed by atoms with E-state index in [0.717, 1.165) is 5.69 Å². The van der Waals surface area contributed by atoms with Gasteiger partial charge in [-0.1, -0.05) is 60.7 Å². The molecule has 0 bridgehead atoms. The molecule has 0 saturated heterocycles. The zero-order chi connectivity index (χ0) is 14.2. The zero-order valence-corrected chi connectivity index (χ0v) is 11.6. The third-order valence-electron chi connectivity index (χ3n) is 4.36. The highest BCUT2D eigenvalue weighted by atomic mass is 15.0. The van der Waals surface area contributed by atoms with E-state index in [-0.39, 0.29) is 0 Å². The van der Waals surface area contributed by atoms with Gasteiger partial charge in [0.15, 0.2) is 5.95 Å². The van der Waals surface area contributed by atoms with E-state index in [2.05, 4.69) is 70.6 Å². The number of anilines is 1. The van der Waals surface area contributed by atoms with Gasteiger partial charge >= 0.3 is 0 Å². The lowest BCUT2D eigenvalue weighted by atomic mass is 10.0. The Morgan fingerprint density at radius 2 is 1.29 bits per heavy atom. The van der Waals surface area contributed by atoms with Crippen LogP contribution in [-0.4, -0.2) is 9.97 Å². The smallest absolute Gasteiger partial charge is 0.197 e. The Hall–Kier alpha value is -2.55. The van der Waals surface area contributed by atoms with Crippen LogP contribution in [0.3, 0.4) is 0 Å². The standard InChI is InChI=1S/C18H17N3/c19-18-20-11-14(21-18)17-15(12-7-3-1-4-8-12)16(17)13-9-5-2-6-10-13/h1-11,15-17H,(H3,19,20,21)/t15-,16?,17?/m0/s1. The first-order valence-corrected chi connectivity index (χ1v) is 7.25. The monoisotopic (exact) mass is 275 g/mol. The Balaban J connectivity index is 1.73. The minimum atomic E-state index is 0.430. The van der Waals surface area contributed by atoms with Crippen molar-refractivity contribution in [2.75, 3.05) is 5.73 Å². The van der Waals surface area contributed by atoms with Crippen molar-refractivity contribution < 1.29 is 0 Å². The Labute approximate surface area is 123 Å². The first-order valence-electron chi connectivity index (χ1n) is 7.25. The Morgan fingerprint density at radius 1 is 0.762 bits per heavy atom. The largest absolute Gasteiger partial charge is 0.369 e. The van der Waals surface area contributed by atoms with E-state index in [9.17, 15) is 0 Å². The van der Waals surface area contributed by atoms with Crippen LogP contribution in [0.2, 0.25) is 0 Å². The molecule has 3 atom stereocenters. The van der Waals surface area contributed by atoms with Gasteiger partial charge in [-0.2, -0.15) is 0 Å². The Morgan fingerprint density at radius 3 is 1.71 bits per heavy atom. The molecule has 1 fully saturated rings. The molecule has 3 heteroatoms. The molecule has 3 aromatic rings. The fourth-order valence-corrected chi connectivity index (χ4v) is 3.40. The summed E-state index contributed by atoms with van der Waals surface area (Å²) >= 11 is 0. The van der Waals surface area contributed by atoms with Crippen molar-refractivity contribution >= 4 is 5.95 Å². The zero-order valence-electron chi connectivity index (χ0n) is 11.6. The van der Waals surface area contributed by atoms with Crippen LogP contribution in [0, 0.1) is 0 Å². The molecule has 0 aliphatic heterocycles. The van der Waals surface area contributed by atoms with E-state index in [1.165, 1.54) is 11.1 Å². The molecule has 1 aromatic heterocycles. The van der Waals surface area contributed by atoms with Gasteiger partial charge in [0, 0.05) is 23.4 Å². The van der Waals surface area contributed by atoms with E-state index in [4.69, 9.17) is 5.73 Å². The number of hydrogen-bond donors (Lipinski definition) is 2. The van der Waals surface area contributed by atoms with Crippen molar-refractivity contribution in [1.82, 2.24) is 9.97 Å². The summed E-state index contributed by atoms with van der Waals surface area (Å²) in [5.74, 6) is 1.91. The lowest BCUT2D eigenvalue weighted by Crippen LogP contribution is -1.88. The average Bonchev–Trinajstić information content (AvgIpc) is 3.15. The number of aromatic amines is 1. The molecule has 1 saturated carbocycles. The Kier molecular flexibility index (Phi) is 2.78. The van der Waals surface area contributed by atoms with Crippen LogP contribution < -0.4 is 5.73 Å². The normalized spacial score (nSPS) is 23.9. The third-order valence-corrected chi connectivity index (χ3v) is 4.36. The number of rotatable bonds is 3. The predicted molar refractivity (Wildman–Crippen MR) is 84.1 cm³/mol. The van der Waals surface area contributed by atoms with Crippen LogP contribution in [-0.2, 0) is 0 Å². The number of nitrogens with two attached hydrogens (primary N) is 1. The highest BCUT2D eigenvalue weighted by molar-refractivity contribution is 5.46. The van der Waals surface area contributed by atoms with Crippen molar-refractivity contribution in [2.24, 2.45) is 0 Å². The van der Waals surface area contributed by atoms with Gasteiger partial charge in [0.25, 0.3) is 0 Å². The summed E-state index contributed by atoms with van der Waals surface area (Å²) in [5, 5.41) is 0. The fraction of sp³-hybridized carbons (Fsp3) is 0.167. The lowest BCUT2D eigenvalue weighted by Gasteiger charge is -2.00. The second-order valence-corrected chi connectivity index (χ2v) is 5.62. The molecule has 0 amide bonds. The molecule has 1 aliphatic rings. The van der Waals surface area contributed by atoms with Gasteiger partial charge in [-0.05, 0) is 11.1 Å². The topological polar surface area (TPSA) is 54.7 Å². The first kappa shape index (κ1) is 12.2. The van der Waals surface area contributed by atoms with Gasteiger partial charge in [-0.25, -0.2) is 4.98 Å². The predicted octanol–water partition coefficient (Wildman–Crippen LogP) is 3.66. The minimum absolute atomic E-state index is 0.430. The maximum atomic E-state index is 5.75. The highest BCUT2D eigenvalue weighted by Crippen LogP contribution is 2.65. The van der Waals surface area contributed by atoms with E-state index in [1.54, 1.807) is 0 Å². The molecule has 104 valence electrons. The number of benzene rings is 2. The fourth-order valence-electron chi connectivity index (χ4n) is 3.40. The summed E-state index contributed by atoms with van der Waals surface area (Å²) in [4.78, 5) is 7.36. The van der Waals surface area contributed by atoms with Crippen LogP contribution in [0.25, 0.3) is 0 Å². The van der Waals surface area contributed by atoms with E-state index in [0.29, 0.717) is 23.7 Å². The van der Waals surface area contributed by atoms with Gasteiger partial charge in [0.2, 0.25) is 0 Å². The summed E-state index contributed by atoms with van der Waals surface area (Å²) in [6, 6.07) is 21.4. The van der Waals surface area contributed by atoms with E-state index in [1.807, 2.05) is 6.20 Å². The van der Waals surface area contributed by atoms with Crippen molar-refractivity contribution in [3.8, 4) is 0 Å². The molecule has 4 rings (SSSR count). The summed E-state index contributed by atoms with van der Waals surface area (Å²) in [6.45, 7) is 0. The molecule has 1 heterocycles. The van der Waals surface area contributed by atoms with E-state index >= 15 is 0 Å². The van der Waals surface area contributed by atoms with Crippen LogP contribution in [0.4, 0.5) is 5.95 Å². The van der Waals surface area contributed by atoms with Crippen molar-refractivity contribution in [1.29, 1.82) is 0 Å². The van der Waals surface area contributed by atoms with Crippen molar-refractivity contribution in [3.05, 3.63) is 83.7 Å². The van der Waals surface area contributed by atoms with Crippen LogP contribution in [0.5, 0.6) is 0 Å². The lowest BCUT2D eigenvalue weighted by molar-refractivity contribution is 0.976. The minimum Gasteiger partial charge on any atom is -0.369 e. The number of aromatic nitrogens is 2. The van der Waals surface area contributed by atoms with Crippen LogP contribution in [0.15, 0.2) is 66.9 Å². The molecule has 2 unspecified atom stereocenters. The highest BCUT2D eigenvalue weighted by Gasteiger charge is 2.53. The molecular formula is C18H17N3. The molecule has 0 radical (unpaired) electrons. The second kappa shape index (κ2) is 4.77. The Bertz CT molecular complexity index is 688. The van der Waals surface area contributed by atoms with Crippen LogP contribution >= 0.6 is 0 Å². The number of H-pyrrole nitrogens is 1. The second-order valence-electron chi connectivity index (χ2n) is 5.62. The first-order chi connectivity index (χ1) is 10.3. The maximum absolute atomic E-state index is 5.75. The summed E-state index contributed by atoms with van der Waals surface area (Å²) in [5.41, 5.74) is 9.64. The van der Waals surface area contributed by atoms with Gasteiger partial charge in [-0.15, -0.1) is 0 Å². The SMILES string of the molecule is Nc1ncc(C2C(c3ccccc3)[C@@H]2c2ccccc2)[nH]1. The molecule has 1 aliphatic carbocycles. The summed E-state index contributed by atoms with van der Waals surface area (Å²) in [6.07, 6.45) is 1.87. The van der Waals surface area contributed by atoms with Crippen LogP contribution in [0.1, 0.15) is 34.6 Å². The average molecular weight is 275 g/mol. The van der Waals surface area contributed by atoms with Gasteiger partial charge in [0.1, 0.15) is 0 Å². The quantitative estimate of drug-likeness (QED) is 0.766. The van der Waals surface area contributed by atoms with Gasteiger partial charge < -0.3 is 10.7 Å². The summed E-state index contributed by atoms with van der Waals surface area (Å²) in [7, 11) is 0. The van der Waals surface area contributed by atoms with Gasteiger partial charge in [-0.3, -0.25) is 0 Å². The molecular weight excluding hydrogens is 258 g/mol. The molecule has 3 nitrogen and oxygen atoms in total. The number of imidazole rings is 1. The number of nitrogens with one attached hydrogen (secondary N) is 1. The van der Waals surface area contributed by atoms with E-state index < -0.39 is 0 Å². The summed E-state index contributed by atoms with van der Waals surface area (Å²) < 4.78 is 0. The van der Waals surface area contributed by atoms with Crippen molar-refractivity contribution in [3.63, 3.8) is 0 Å².